The summed E-state index contributed by atoms with van der Waals surface area (Å²) in [7, 11) is 0. The Bertz CT molecular complexity index is 1320. The van der Waals surface area contributed by atoms with E-state index in [2.05, 4.69) is 20.5 Å². The van der Waals surface area contributed by atoms with Gasteiger partial charge in [0.2, 0.25) is 17.5 Å². The smallest absolute Gasteiger partial charge is 0.364 e. The molecule has 0 aliphatic rings. The molecule has 172 valence electrons. The molecule has 9 heteroatoms. The predicted octanol–water partition coefficient (Wildman–Crippen LogP) is 4.10. The van der Waals surface area contributed by atoms with Crippen LogP contribution in [-0.4, -0.2) is 32.3 Å². The summed E-state index contributed by atoms with van der Waals surface area (Å²) in [5.74, 6) is 0.470. The SMILES string of the molecule is CCOC(=O)c1nnc(Nc2ccc(Oc3ccccn3)cc2)n(Cc2ccc(C)cc2)c1=O. The second kappa shape index (κ2) is 10.4. The molecule has 1 N–H and O–H groups in total. The first kappa shape index (κ1) is 22.7. The molecule has 0 unspecified atom stereocenters. The number of pyridine rings is 1. The molecule has 9 nitrogen and oxygen atoms in total. The number of carbonyl (C=O) groups is 1. The normalized spacial score (nSPS) is 10.5. The number of ether oxygens (including phenoxy) is 2. The van der Waals surface area contributed by atoms with Gasteiger partial charge in [0.05, 0.1) is 13.2 Å². The lowest BCUT2D eigenvalue weighted by molar-refractivity contribution is 0.0514. The van der Waals surface area contributed by atoms with Gasteiger partial charge < -0.3 is 14.8 Å². The van der Waals surface area contributed by atoms with Crippen molar-refractivity contribution in [3.8, 4) is 11.6 Å². The third kappa shape index (κ3) is 5.44. The quantitative estimate of drug-likeness (QED) is 0.394. The molecule has 2 aromatic heterocycles. The van der Waals surface area contributed by atoms with E-state index in [-0.39, 0.29) is 24.8 Å². The zero-order chi connectivity index (χ0) is 23.9. The van der Waals surface area contributed by atoms with Crippen molar-refractivity contribution in [1.82, 2.24) is 19.7 Å². The lowest BCUT2D eigenvalue weighted by Gasteiger charge is -2.14. The Balaban J connectivity index is 1.62. The van der Waals surface area contributed by atoms with Crippen LogP contribution >= 0.6 is 0 Å². The second-order valence-electron chi connectivity index (χ2n) is 7.39. The van der Waals surface area contributed by atoms with E-state index in [4.69, 9.17) is 9.47 Å². The van der Waals surface area contributed by atoms with Crippen molar-refractivity contribution >= 4 is 17.6 Å². The van der Waals surface area contributed by atoms with Gasteiger partial charge in [-0.25, -0.2) is 9.78 Å². The van der Waals surface area contributed by atoms with Crippen LogP contribution in [0.2, 0.25) is 0 Å². The zero-order valence-corrected chi connectivity index (χ0v) is 18.8. The minimum absolute atomic E-state index is 0.130. The number of nitrogens with zero attached hydrogens (tertiary/aromatic N) is 4. The highest BCUT2D eigenvalue weighted by Gasteiger charge is 2.20. The van der Waals surface area contributed by atoms with E-state index in [0.717, 1.165) is 11.1 Å². The van der Waals surface area contributed by atoms with Gasteiger partial charge in [-0.3, -0.25) is 9.36 Å². The van der Waals surface area contributed by atoms with Crippen molar-refractivity contribution in [3.63, 3.8) is 0 Å². The maximum atomic E-state index is 13.1. The maximum Gasteiger partial charge on any atom is 0.364 e. The standard InChI is InChI=1S/C25H23N5O4/c1-3-33-24(32)22-23(31)30(16-18-9-7-17(2)8-10-18)25(29-28-22)27-19-11-13-20(14-12-19)34-21-6-4-5-15-26-21/h4-15H,3,16H2,1-2H3,(H,27,29). The first-order chi connectivity index (χ1) is 16.5. The summed E-state index contributed by atoms with van der Waals surface area (Å²) in [5, 5.41) is 11.0. The van der Waals surface area contributed by atoms with Crippen LogP contribution in [0.1, 0.15) is 28.5 Å². The molecule has 0 saturated heterocycles. The number of carbonyl (C=O) groups excluding carboxylic acids is 1. The number of aromatic nitrogens is 4. The molecular weight excluding hydrogens is 434 g/mol. The highest BCUT2D eigenvalue weighted by molar-refractivity contribution is 5.86. The van der Waals surface area contributed by atoms with Crippen LogP contribution in [0.25, 0.3) is 0 Å². The van der Waals surface area contributed by atoms with E-state index in [0.29, 0.717) is 17.3 Å². The molecule has 0 atom stereocenters. The number of rotatable bonds is 8. The molecule has 0 aliphatic carbocycles. The Hall–Kier alpha value is -4.53. The monoisotopic (exact) mass is 457 g/mol. The minimum atomic E-state index is -0.805. The Morgan fingerprint density at radius 2 is 1.76 bits per heavy atom. The molecule has 34 heavy (non-hydrogen) atoms. The topological polar surface area (TPSA) is 108 Å². The fourth-order valence-corrected chi connectivity index (χ4v) is 3.12. The van der Waals surface area contributed by atoms with Gasteiger partial charge in [-0.05, 0) is 49.7 Å². The molecule has 0 amide bonds. The van der Waals surface area contributed by atoms with Crippen LogP contribution in [-0.2, 0) is 11.3 Å². The Morgan fingerprint density at radius 3 is 2.44 bits per heavy atom. The van der Waals surface area contributed by atoms with E-state index < -0.39 is 11.5 Å². The highest BCUT2D eigenvalue weighted by atomic mass is 16.5. The van der Waals surface area contributed by atoms with Crippen molar-refractivity contribution < 1.29 is 14.3 Å². The van der Waals surface area contributed by atoms with Crippen LogP contribution in [0.5, 0.6) is 11.6 Å². The molecule has 0 saturated carbocycles. The molecule has 2 heterocycles. The summed E-state index contributed by atoms with van der Waals surface area (Å²) in [6.45, 7) is 3.97. The number of anilines is 2. The van der Waals surface area contributed by atoms with Gasteiger partial charge in [0.1, 0.15) is 5.75 Å². The fourth-order valence-electron chi connectivity index (χ4n) is 3.12. The molecule has 0 fully saturated rings. The number of benzene rings is 2. The molecular formula is C25H23N5O4. The maximum absolute atomic E-state index is 13.1. The minimum Gasteiger partial charge on any atom is -0.461 e. The summed E-state index contributed by atoms with van der Waals surface area (Å²) < 4.78 is 12.0. The summed E-state index contributed by atoms with van der Waals surface area (Å²) >= 11 is 0. The third-order valence-electron chi connectivity index (χ3n) is 4.85. The van der Waals surface area contributed by atoms with E-state index in [1.165, 1.54) is 4.57 Å². The van der Waals surface area contributed by atoms with Crippen LogP contribution in [0.4, 0.5) is 11.6 Å². The molecule has 4 aromatic rings. The third-order valence-corrected chi connectivity index (χ3v) is 4.85. The number of hydrogen-bond acceptors (Lipinski definition) is 8. The van der Waals surface area contributed by atoms with Gasteiger partial charge >= 0.3 is 5.97 Å². The summed E-state index contributed by atoms with van der Waals surface area (Å²) in [6.07, 6.45) is 1.65. The first-order valence-electron chi connectivity index (χ1n) is 10.7. The first-order valence-corrected chi connectivity index (χ1v) is 10.7. The Morgan fingerprint density at radius 1 is 1.00 bits per heavy atom. The van der Waals surface area contributed by atoms with Gasteiger partial charge in [-0.1, -0.05) is 35.9 Å². The van der Waals surface area contributed by atoms with Gasteiger partial charge in [0.25, 0.3) is 5.56 Å². The van der Waals surface area contributed by atoms with Gasteiger partial charge in [-0.2, -0.15) is 0 Å². The van der Waals surface area contributed by atoms with Crippen molar-refractivity contribution in [2.24, 2.45) is 0 Å². The van der Waals surface area contributed by atoms with Crippen molar-refractivity contribution in [2.45, 2.75) is 20.4 Å². The van der Waals surface area contributed by atoms with E-state index in [1.807, 2.05) is 43.3 Å². The molecule has 0 bridgehead atoms. The van der Waals surface area contributed by atoms with Crippen LogP contribution in [0, 0.1) is 6.92 Å². The Labute approximate surface area is 196 Å². The lowest BCUT2D eigenvalue weighted by atomic mass is 10.1. The number of nitrogens with one attached hydrogen (secondary N) is 1. The van der Waals surface area contributed by atoms with Crippen LogP contribution in [0.3, 0.4) is 0 Å². The molecule has 0 aliphatic heterocycles. The van der Waals surface area contributed by atoms with Gasteiger partial charge in [-0.15, -0.1) is 10.2 Å². The molecule has 4 rings (SSSR count). The lowest BCUT2D eigenvalue weighted by Crippen LogP contribution is -2.32. The van der Waals surface area contributed by atoms with E-state index >= 15 is 0 Å². The van der Waals surface area contributed by atoms with Gasteiger partial charge in [0, 0.05) is 18.0 Å². The summed E-state index contributed by atoms with van der Waals surface area (Å²) in [6, 6.07) is 20.2. The molecule has 0 spiro atoms. The zero-order valence-electron chi connectivity index (χ0n) is 18.8. The number of esters is 1. The summed E-state index contributed by atoms with van der Waals surface area (Å²) in [5.41, 5.74) is 1.68. The van der Waals surface area contributed by atoms with Crippen molar-refractivity contribution in [3.05, 3.63) is 100 Å². The van der Waals surface area contributed by atoms with Crippen LogP contribution in [0.15, 0.2) is 77.7 Å². The van der Waals surface area contributed by atoms with E-state index in [1.54, 1.807) is 43.5 Å². The highest BCUT2D eigenvalue weighted by Crippen LogP contribution is 2.22. The van der Waals surface area contributed by atoms with Crippen molar-refractivity contribution in [2.75, 3.05) is 11.9 Å². The predicted molar refractivity (Wildman–Crippen MR) is 127 cm³/mol. The number of aryl methyl sites for hydroxylation is 1. The summed E-state index contributed by atoms with van der Waals surface area (Å²) in [4.78, 5) is 29.4. The molecule has 2 aromatic carbocycles. The second-order valence-corrected chi connectivity index (χ2v) is 7.39. The average molecular weight is 457 g/mol. The number of hydrogen-bond donors (Lipinski definition) is 1. The van der Waals surface area contributed by atoms with Gasteiger partial charge in [0.15, 0.2) is 0 Å². The Kier molecular flexibility index (Phi) is 6.92. The van der Waals surface area contributed by atoms with Crippen molar-refractivity contribution in [1.29, 1.82) is 0 Å². The van der Waals surface area contributed by atoms with E-state index in [9.17, 15) is 9.59 Å². The fraction of sp³-hybridized carbons (Fsp3) is 0.160. The van der Waals surface area contributed by atoms with Crippen LogP contribution < -0.4 is 15.6 Å². The largest absolute Gasteiger partial charge is 0.461 e. The average Bonchev–Trinajstić information content (AvgIpc) is 2.84. The molecule has 0 radical (unpaired) electrons.